The van der Waals surface area contributed by atoms with Crippen LogP contribution in [-0.2, 0) is 9.84 Å². The van der Waals surface area contributed by atoms with Gasteiger partial charge in [0.2, 0.25) is 5.88 Å². The standard InChI is InChI=1S/C17H23N5O3S/c1-11-17(12(2)21-20-11)26(23,24)10-22-13-3-4-14(22)8-15(7-13)25-16-9-18-5-6-19-16/h5-6,9,13-15H,3-4,7-8,10H2,1-2H3,(H,20,21)/t13-,14+,15-. The number of hydrogen-bond acceptors (Lipinski definition) is 7. The number of nitrogens with one attached hydrogen (secondary N) is 1. The molecule has 3 atom stereocenters. The fraction of sp³-hybridized carbons (Fsp3) is 0.588. The van der Waals surface area contributed by atoms with Gasteiger partial charge in [0.25, 0.3) is 0 Å². The normalized spacial score (nSPS) is 26.2. The monoisotopic (exact) mass is 377 g/mol. The second-order valence-electron chi connectivity index (χ2n) is 7.16. The second-order valence-corrected chi connectivity index (χ2v) is 9.06. The topological polar surface area (TPSA) is 101 Å². The summed E-state index contributed by atoms with van der Waals surface area (Å²) < 4.78 is 31.8. The molecule has 4 heterocycles. The molecule has 9 heteroatoms. The van der Waals surface area contributed by atoms with E-state index in [-0.39, 0.29) is 24.1 Å². The molecule has 2 saturated heterocycles. The third-order valence-corrected chi connectivity index (χ3v) is 7.22. The first-order chi connectivity index (χ1) is 12.4. The van der Waals surface area contributed by atoms with E-state index in [1.54, 1.807) is 32.4 Å². The van der Waals surface area contributed by atoms with Crippen molar-refractivity contribution in [3.8, 4) is 5.88 Å². The van der Waals surface area contributed by atoms with Gasteiger partial charge < -0.3 is 4.74 Å². The Kier molecular flexibility index (Phi) is 4.44. The van der Waals surface area contributed by atoms with Crippen LogP contribution in [0.3, 0.4) is 0 Å². The molecule has 0 spiro atoms. The van der Waals surface area contributed by atoms with Crippen molar-refractivity contribution in [2.45, 2.75) is 62.6 Å². The molecule has 0 aromatic carbocycles. The Morgan fingerprint density at radius 1 is 1.23 bits per heavy atom. The van der Waals surface area contributed by atoms with Crippen molar-refractivity contribution in [3.63, 3.8) is 0 Å². The molecule has 2 aromatic heterocycles. The second kappa shape index (κ2) is 6.62. The van der Waals surface area contributed by atoms with Crippen LogP contribution < -0.4 is 4.74 Å². The predicted molar refractivity (Wildman–Crippen MR) is 94.4 cm³/mol. The lowest BCUT2D eigenvalue weighted by molar-refractivity contribution is 0.0579. The van der Waals surface area contributed by atoms with Crippen molar-refractivity contribution in [2.24, 2.45) is 0 Å². The summed E-state index contributed by atoms with van der Waals surface area (Å²) in [5, 5.41) is 6.80. The Labute approximate surface area is 152 Å². The average Bonchev–Trinajstić information content (AvgIpc) is 3.04. The minimum Gasteiger partial charge on any atom is -0.473 e. The van der Waals surface area contributed by atoms with Crippen molar-refractivity contribution in [3.05, 3.63) is 30.0 Å². The van der Waals surface area contributed by atoms with Gasteiger partial charge in [0.1, 0.15) is 16.9 Å². The lowest BCUT2D eigenvalue weighted by atomic mass is 10.0. The molecule has 4 rings (SSSR count). The molecule has 2 fully saturated rings. The predicted octanol–water partition coefficient (Wildman–Crippen LogP) is 1.62. The highest BCUT2D eigenvalue weighted by Crippen LogP contribution is 2.38. The third kappa shape index (κ3) is 3.21. The maximum atomic E-state index is 12.9. The molecule has 0 saturated carbocycles. The quantitative estimate of drug-likeness (QED) is 0.845. The number of ether oxygens (including phenoxy) is 1. The Bertz CT molecular complexity index is 850. The number of hydrogen-bond donors (Lipinski definition) is 1. The lowest BCUT2D eigenvalue weighted by Crippen LogP contribution is -2.48. The molecular weight excluding hydrogens is 354 g/mol. The minimum atomic E-state index is -3.41. The Hall–Kier alpha value is -2.00. The Morgan fingerprint density at radius 3 is 2.54 bits per heavy atom. The van der Waals surface area contributed by atoms with Gasteiger partial charge in [-0.1, -0.05) is 0 Å². The van der Waals surface area contributed by atoms with E-state index in [1.807, 2.05) is 0 Å². The van der Waals surface area contributed by atoms with Crippen LogP contribution in [0.4, 0.5) is 0 Å². The molecular formula is C17H23N5O3S. The highest BCUT2D eigenvalue weighted by atomic mass is 32.2. The summed E-state index contributed by atoms with van der Waals surface area (Å²) in [6, 6.07) is 0.440. The summed E-state index contributed by atoms with van der Waals surface area (Å²) in [4.78, 5) is 10.7. The van der Waals surface area contributed by atoms with Gasteiger partial charge in [0.05, 0.1) is 17.6 Å². The lowest BCUT2D eigenvalue weighted by Gasteiger charge is -2.38. The number of piperidine rings is 1. The average molecular weight is 377 g/mol. The molecule has 26 heavy (non-hydrogen) atoms. The summed E-state index contributed by atoms with van der Waals surface area (Å²) in [6.45, 7) is 3.48. The van der Waals surface area contributed by atoms with E-state index in [0.29, 0.717) is 22.2 Å². The highest BCUT2D eigenvalue weighted by Gasteiger charge is 2.44. The van der Waals surface area contributed by atoms with Crippen molar-refractivity contribution < 1.29 is 13.2 Å². The first-order valence-electron chi connectivity index (χ1n) is 8.87. The van der Waals surface area contributed by atoms with E-state index in [9.17, 15) is 8.42 Å². The number of aromatic nitrogens is 4. The molecule has 2 aliphatic heterocycles. The fourth-order valence-electron chi connectivity index (χ4n) is 4.31. The number of sulfone groups is 1. The van der Waals surface area contributed by atoms with E-state index in [1.165, 1.54) is 0 Å². The smallest absolute Gasteiger partial charge is 0.232 e. The molecule has 0 amide bonds. The maximum absolute atomic E-state index is 12.9. The van der Waals surface area contributed by atoms with E-state index in [0.717, 1.165) is 25.7 Å². The summed E-state index contributed by atoms with van der Waals surface area (Å²) in [5.41, 5.74) is 1.14. The molecule has 0 unspecified atom stereocenters. The SMILES string of the molecule is Cc1n[nH]c(C)c1S(=O)(=O)CN1[C@@H]2CC[C@H]1C[C@H](Oc1cnccn1)C2. The van der Waals surface area contributed by atoms with Crippen molar-refractivity contribution in [1.29, 1.82) is 0 Å². The van der Waals surface area contributed by atoms with Gasteiger partial charge in [-0.15, -0.1) is 0 Å². The number of rotatable bonds is 5. The molecule has 2 aliphatic rings. The van der Waals surface area contributed by atoms with Crippen LogP contribution in [0.25, 0.3) is 0 Å². The minimum absolute atomic E-state index is 0.0431. The molecule has 1 N–H and O–H groups in total. The van der Waals surface area contributed by atoms with Crippen LogP contribution in [0.1, 0.15) is 37.1 Å². The number of aryl methyl sites for hydroxylation is 2. The van der Waals surface area contributed by atoms with Crippen LogP contribution in [0, 0.1) is 13.8 Å². The summed E-state index contributed by atoms with van der Waals surface area (Å²) in [7, 11) is -3.41. The zero-order chi connectivity index (χ0) is 18.3. The molecule has 0 aliphatic carbocycles. The third-order valence-electron chi connectivity index (χ3n) is 5.36. The maximum Gasteiger partial charge on any atom is 0.232 e. The van der Waals surface area contributed by atoms with Gasteiger partial charge in [0.15, 0.2) is 9.84 Å². The number of fused-ring (bicyclic) bond motifs is 2. The first-order valence-corrected chi connectivity index (χ1v) is 10.5. The van der Waals surface area contributed by atoms with Gasteiger partial charge in [-0.3, -0.25) is 15.0 Å². The zero-order valence-corrected chi connectivity index (χ0v) is 15.7. The van der Waals surface area contributed by atoms with E-state index in [2.05, 4.69) is 25.1 Å². The number of H-pyrrole nitrogens is 1. The van der Waals surface area contributed by atoms with Gasteiger partial charge in [-0.25, -0.2) is 13.4 Å². The van der Waals surface area contributed by atoms with E-state index in [4.69, 9.17) is 4.74 Å². The van der Waals surface area contributed by atoms with Crippen molar-refractivity contribution in [2.75, 3.05) is 5.88 Å². The van der Waals surface area contributed by atoms with Crippen LogP contribution in [-0.4, -0.2) is 57.5 Å². The van der Waals surface area contributed by atoms with Crippen molar-refractivity contribution in [1.82, 2.24) is 25.1 Å². The molecule has 2 aromatic rings. The zero-order valence-electron chi connectivity index (χ0n) is 14.9. The summed E-state index contributed by atoms with van der Waals surface area (Å²) in [5.74, 6) is 0.573. The fourth-order valence-corrected chi connectivity index (χ4v) is 6.26. The Morgan fingerprint density at radius 2 is 1.96 bits per heavy atom. The van der Waals surface area contributed by atoms with Gasteiger partial charge in [-0.2, -0.15) is 5.10 Å². The van der Waals surface area contributed by atoms with Crippen LogP contribution >= 0.6 is 0 Å². The van der Waals surface area contributed by atoms with Crippen molar-refractivity contribution >= 4 is 9.84 Å². The van der Waals surface area contributed by atoms with Crippen LogP contribution in [0.2, 0.25) is 0 Å². The molecule has 140 valence electrons. The molecule has 0 radical (unpaired) electrons. The van der Waals surface area contributed by atoms with Gasteiger partial charge in [0, 0.05) is 24.5 Å². The largest absolute Gasteiger partial charge is 0.473 e. The van der Waals surface area contributed by atoms with E-state index >= 15 is 0 Å². The number of nitrogens with zero attached hydrogens (tertiary/aromatic N) is 4. The Balaban J connectivity index is 1.47. The summed E-state index contributed by atoms with van der Waals surface area (Å²) >= 11 is 0. The highest BCUT2D eigenvalue weighted by molar-refractivity contribution is 7.91. The summed E-state index contributed by atoms with van der Waals surface area (Å²) in [6.07, 6.45) is 8.53. The van der Waals surface area contributed by atoms with Crippen LogP contribution in [0.15, 0.2) is 23.5 Å². The van der Waals surface area contributed by atoms with Crippen LogP contribution in [0.5, 0.6) is 5.88 Å². The van der Waals surface area contributed by atoms with Gasteiger partial charge in [-0.05, 0) is 39.5 Å². The van der Waals surface area contributed by atoms with E-state index < -0.39 is 9.84 Å². The number of aromatic amines is 1. The molecule has 2 bridgehead atoms. The van der Waals surface area contributed by atoms with Gasteiger partial charge >= 0.3 is 0 Å². The molecule has 8 nitrogen and oxygen atoms in total. The first kappa shape index (κ1) is 17.4.